The molecule has 1 saturated heterocycles. The van der Waals surface area contributed by atoms with Gasteiger partial charge in [0.1, 0.15) is 39.8 Å². The molecule has 0 spiro atoms. The highest BCUT2D eigenvalue weighted by Crippen LogP contribution is 2.40. The third-order valence-corrected chi connectivity index (χ3v) is 13.6. The van der Waals surface area contributed by atoms with Crippen LogP contribution in [0.3, 0.4) is 0 Å². The van der Waals surface area contributed by atoms with Crippen molar-refractivity contribution < 1.29 is 4.79 Å². The van der Waals surface area contributed by atoms with Gasteiger partial charge in [-0.1, -0.05) is 132 Å². The molecular formula is C51H68N10OS2. The molecule has 2 N–H and O–H groups in total. The summed E-state index contributed by atoms with van der Waals surface area (Å²) >= 11 is 3.16. The van der Waals surface area contributed by atoms with Gasteiger partial charge < -0.3 is 15.0 Å². The Balaban J connectivity index is 0.000000385. The molecule has 2 atom stereocenters. The van der Waals surface area contributed by atoms with Crippen LogP contribution in [0, 0.1) is 35.0 Å². The Hall–Kier alpha value is -5.59. The molecule has 0 radical (unpaired) electrons. The second kappa shape index (κ2) is 28.3. The standard InChI is InChI=1S/C33H33N5S2.C16H31N5.C2H4O/c1-3-4-5-8-24-11-15-25(16-12-24)30-28(19-34)31(38-17-6-7-18-38)37-33(29(30)20-35)40-22-27-21-39-32(36-27)26-13-9-23(2)10-14-26;1-7-15(12-14(5)19-21-20-17)18-13(4)10-11-16(6,8-2)9-3;1-2-3/h9-16,21H,3-8,17-18,22H2,1-2H3;7,14-15,18-19H,1,4,8-12H2,2-3,5-6H3;2H,1H3. The number of nitrogens with one attached hydrogen (secondary N) is 2. The van der Waals surface area contributed by atoms with Gasteiger partial charge in [-0.3, -0.25) is 5.43 Å². The van der Waals surface area contributed by atoms with Crippen LogP contribution in [-0.4, -0.2) is 41.4 Å². The quantitative estimate of drug-likeness (QED) is 0.0114. The molecular weight excluding hydrogens is 833 g/mol. The fourth-order valence-electron chi connectivity index (χ4n) is 7.24. The maximum atomic E-state index is 10.4. The monoisotopic (exact) mass is 901 g/mol. The summed E-state index contributed by atoms with van der Waals surface area (Å²) in [7, 11) is 0. The zero-order chi connectivity index (χ0) is 46.9. The molecule has 0 bridgehead atoms. The average molecular weight is 901 g/mol. The molecule has 13 heteroatoms. The molecule has 1 aliphatic heterocycles. The number of nitriles is 2. The van der Waals surface area contributed by atoms with Gasteiger partial charge in [-0.15, -0.1) is 23.4 Å². The van der Waals surface area contributed by atoms with Crippen molar-refractivity contribution in [2.75, 3.05) is 18.0 Å². The van der Waals surface area contributed by atoms with Crippen molar-refractivity contribution in [2.45, 2.75) is 142 Å². The topological polar surface area (TPSA) is 166 Å². The number of carbonyl (C=O) groups excluding carboxylic acids is 1. The van der Waals surface area contributed by atoms with Crippen molar-refractivity contribution in [2.24, 2.45) is 10.6 Å². The summed E-state index contributed by atoms with van der Waals surface area (Å²) < 4.78 is 0. The Kier molecular flexibility index (Phi) is 23.3. The van der Waals surface area contributed by atoms with Gasteiger partial charge in [0.15, 0.2) is 0 Å². The van der Waals surface area contributed by atoms with Gasteiger partial charge >= 0.3 is 0 Å². The molecule has 0 saturated carbocycles. The lowest BCUT2D eigenvalue weighted by Gasteiger charge is -2.28. The number of aldehydes is 1. The van der Waals surface area contributed by atoms with Gasteiger partial charge in [-0.25, -0.2) is 9.97 Å². The van der Waals surface area contributed by atoms with Crippen LogP contribution in [0.15, 0.2) is 89.1 Å². The van der Waals surface area contributed by atoms with Crippen LogP contribution in [0.4, 0.5) is 5.82 Å². The number of pyridine rings is 1. The smallest absolute Gasteiger partial charge is 0.148 e. The zero-order valence-electron chi connectivity index (χ0n) is 39.1. The van der Waals surface area contributed by atoms with E-state index in [4.69, 9.17) is 20.3 Å². The molecule has 64 heavy (non-hydrogen) atoms. The van der Waals surface area contributed by atoms with Crippen LogP contribution >= 0.6 is 23.1 Å². The summed E-state index contributed by atoms with van der Waals surface area (Å²) in [6, 6.07) is 21.9. The fourth-order valence-corrected chi connectivity index (χ4v) is 9.04. The number of aromatic nitrogens is 2. The summed E-state index contributed by atoms with van der Waals surface area (Å²) in [6.45, 7) is 24.3. The Bertz CT molecular complexity index is 2210. The van der Waals surface area contributed by atoms with E-state index < -0.39 is 0 Å². The van der Waals surface area contributed by atoms with Crippen LogP contribution < -0.4 is 15.6 Å². The molecule has 4 aromatic rings. The first-order valence-electron chi connectivity index (χ1n) is 22.6. The Morgan fingerprint density at radius 1 is 1.05 bits per heavy atom. The lowest BCUT2D eigenvalue weighted by molar-refractivity contribution is -0.106. The first kappa shape index (κ1) is 52.8. The minimum absolute atomic E-state index is 0.0840. The van der Waals surface area contributed by atoms with E-state index in [0.29, 0.717) is 38.7 Å². The molecule has 0 amide bonds. The number of hydrogen-bond donors (Lipinski definition) is 2. The number of thioether (sulfide) groups is 1. The van der Waals surface area contributed by atoms with E-state index >= 15 is 0 Å². The number of hydrogen-bond acceptors (Lipinski definition) is 10. The van der Waals surface area contributed by atoms with Crippen molar-refractivity contribution in [1.29, 1.82) is 10.5 Å². The second-order valence-corrected chi connectivity index (χ2v) is 18.4. The summed E-state index contributed by atoms with van der Waals surface area (Å²) in [5, 5.41) is 31.2. The number of thiazole rings is 1. The summed E-state index contributed by atoms with van der Waals surface area (Å²) in [6.07, 6.45) is 14.7. The van der Waals surface area contributed by atoms with E-state index in [-0.39, 0.29) is 12.1 Å². The Labute approximate surface area is 391 Å². The maximum Gasteiger partial charge on any atom is 0.148 e. The zero-order valence-corrected chi connectivity index (χ0v) is 40.8. The molecule has 2 unspecified atom stereocenters. The van der Waals surface area contributed by atoms with Gasteiger partial charge in [0.25, 0.3) is 0 Å². The number of benzene rings is 2. The number of nitrogens with zero attached hydrogens (tertiary/aromatic N) is 8. The second-order valence-electron chi connectivity index (χ2n) is 16.5. The number of anilines is 1. The fraction of sp³-hybridized carbons (Fsp3) is 0.471. The van der Waals surface area contributed by atoms with Gasteiger partial charge in [-0.2, -0.15) is 15.4 Å². The number of azide groups is 1. The van der Waals surface area contributed by atoms with Crippen LogP contribution in [-0.2, 0) is 17.0 Å². The van der Waals surface area contributed by atoms with Gasteiger partial charge in [0.2, 0.25) is 0 Å². The SMILES string of the molecule is C=CC(CC(C)NN=[N+]=[N-])NC(=C)CCC(C)(CC)CC.CC=O.CCCCCc1ccc(-c2c(C#N)c(SCc3csc(-c4ccc(C)cc4)n3)nc(N3CCCC3)c2C#N)cc1. The average Bonchev–Trinajstić information content (AvgIpc) is 4.03. The predicted molar refractivity (Wildman–Crippen MR) is 268 cm³/mol. The third-order valence-electron chi connectivity index (χ3n) is 11.6. The predicted octanol–water partition coefficient (Wildman–Crippen LogP) is 13.6. The van der Waals surface area contributed by atoms with Crippen molar-refractivity contribution in [3.05, 3.63) is 117 Å². The molecule has 1 aliphatic rings. The van der Waals surface area contributed by atoms with Gasteiger partial charge in [0.05, 0.1) is 17.3 Å². The van der Waals surface area contributed by atoms with Crippen molar-refractivity contribution in [3.8, 4) is 33.8 Å². The van der Waals surface area contributed by atoms with Crippen molar-refractivity contribution in [3.63, 3.8) is 0 Å². The molecule has 2 aromatic heterocycles. The number of allylic oxidation sites excluding steroid dienone is 1. The highest BCUT2D eigenvalue weighted by Gasteiger charge is 2.27. The third kappa shape index (κ3) is 16.5. The lowest BCUT2D eigenvalue weighted by atomic mass is 9.80. The molecule has 1 fully saturated rings. The maximum absolute atomic E-state index is 10.4. The van der Waals surface area contributed by atoms with Crippen LogP contribution in [0.5, 0.6) is 0 Å². The van der Waals surface area contributed by atoms with E-state index in [0.717, 1.165) is 85.4 Å². The van der Waals surface area contributed by atoms with Gasteiger partial charge in [-0.05, 0) is 81.1 Å². The molecule has 3 heterocycles. The van der Waals surface area contributed by atoms with E-state index in [9.17, 15) is 10.5 Å². The molecule has 11 nitrogen and oxygen atoms in total. The summed E-state index contributed by atoms with van der Waals surface area (Å²) in [5.74, 6) is 1.30. The van der Waals surface area contributed by atoms with Crippen LogP contribution in [0.2, 0.25) is 0 Å². The van der Waals surface area contributed by atoms with E-state index in [1.807, 2.05) is 13.0 Å². The molecule has 0 aliphatic carbocycles. The highest BCUT2D eigenvalue weighted by atomic mass is 32.2. The van der Waals surface area contributed by atoms with E-state index in [1.54, 1.807) is 11.3 Å². The number of unbranched alkanes of at least 4 members (excludes halogenated alkanes) is 2. The van der Waals surface area contributed by atoms with Crippen LogP contribution in [0.25, 0.3) is 32.1 Å². The minimum atomic E-state index is 0.0840. The number of carbonyl (C=O) groups is 1. The number of aryl methyl sites for hydroxylation is 2. The molecule has 5 rings (SSSR count). The summed E-state index contributed by atoms with van der Waals surface area (Å²) in [5.41, 5.74) is 19.6. The normalized spacial score (nSPS) is 12.7. The van der Waals surface area contributed by atoms with Crippen molar-refractivity contribution in [1.82, 2.24) is 20.7 Å². The van der Waals surface area contributed by atoms with E-state index in [2.05, 4.69) is 140 Å². The van der Waals surface area contributed by atoms with Gasteiger partial charge in [0, 0.05) is 53.5 Å². The first-order valence-corrected chi connectivity index (χ1v) is 24.4. The highest BCUT2D eigenvalue weighted by molar-refractivity contribution is 7.98. The van der Waals surface area contributed by atoms with Crippen molar-refractivity contribution >= 4 is 35.2 Å². The minimum Gasteiger partial charge on any atom is -0.382 e. The number of rotatable bonds is 22. The molecule has 2 aromatic carbocycles. The Morgan fingerprint density at radius 2 is 1.69 bits per heavy atom. The van der Waals surface area contributed by atoms with E-state index in [1.165, 1.54) is 61.9 Å². The largest absolute Gasteiger partial charge is 0.382 e. The first-order chi connectivity index (χ1) is 30.9. The molecule has 340 valence electrons. The Morgan fingerprint density at radius 3 is 2.27 bits per heavy atom. The summed E-state index contributed by atoms with van der Waals surface area (Å²) in [4.78, 5) is 23.5. The lowest BCUT2D eigenvalue weighted by Crippen LogP contribution is -2.33. The van der Waals surface area contributed by atoms with Crippen LogP contribution in [0.1, 0.15) is 134 Å².